The summed E-state index contributed by atoms with van der Waals surface area (Å²) in [5, 5.41) is 1.53. The maximum Gasteiger partial charge on any atom is 0.417 e. The molecule has 0 radical (unpaired) electrons. The lowest BCUT2D eigenvalue weighted by atomic mass is 10.1. The zero-order valence-corrected chi connectivity index (χ0v) is 11.8. The minimum absolute atomic E-state index is 0.102. The zero-order valence-electron chi connectivity index (χ0n) is 10.2. The van der Waals surface area contributed by atoms with Gasteiger partial charge in [-0.1, -0.05) is 53.7 Å². The predicted octanol–water partition coefficient (Wildman–Crippen LogP) is 6.04. The summed E-state index contributed by atoms with van der Waals surface area (Å²) in [4.78, 5) is 0.753. The van der Waals surface area contributed by atoms with Gasteiger partial charge in [0.15, 0.2) is 0 Å². The first-order valence-corrected chi connectivity index (χ1v) is 6.97. The highest BCUT2D eigenvalue weighted by atomic mass is 35.5. The summed E-state index contributed by atoms with van der Waals surface area (Å²) in [5.41, 5.74) is -0.576. The molecule has 2 aromatic carbocycles. The van der Waals surface area contributed by atoms with Gasteiger partial charge in [0.2, 0.25) is 0 Å². The molecule has 0 nitrogen and oxygen atoms in total. The standard InChI is InChI=1S/C15H10ClF3S/c16-12-8-6-11(7-9-12)14(15(17,18)19)10-20-13-4-2-1-3-5-13/h1-10H. The molecule has 0 unspecified atom stereocenters. The van der Waals surface area contributed by atoms with Crippen molar-refractivity contribution >= 4 is 28.9 Å². The largest absolute Gasteiger partial charge is 0.417 e. The van der Waals surface area contributed by atoms with Gasteiger partial charge in [0.05, 0.1) is 5.57 Å². The number of rotatable bonds is 3. The lowest BCUT2D eigenvalue weighted by Crippen LogP contribution is -2.10. The molecule has 5 heteroatoms. The van der Waals surface area contributed by atoms with Crippen LogP contribution in [0.5, 0.6) is 0 Å². The minimum Gasteiger partial charge on any atom is -0.166 e. The quantitative estimate of drug-likeness (QED) is 0.623. The second kappa shape index (κ2) is 6.37. The molecule has 0 atom stereocenters. The number of hydrogen-bond donors (Lipinski definition) is 0. The molecule has 20 heavy (non-hydrogen) atoms. The number of alkyl halides is 3. The lowest BCUT2D eigenvalue weighted by Gasteiger charge is -2.12. The summed E-state index contributed by atoms with van der Waals surface area (Å²) in [6.45, 7) is 0. The number of hydrogen-bond acceptors (Lipinski definition) is 1. The minimum atomic E-state index is -4.41. The third-order valence-corrected chi connectivity index (χ3v) is 3.67. The molecular formula is C15H10ClF3S. The summed E-state index contributed by atoms with van der Waals surface area (Å²) in [6, 6.07) is 14.5. The molecule has 2 aromatic rings. The van der Waals surface area contributed by atoms with E-state index in [4.69, 9.17) is 11.6 Å². The monoisotopic (exact) mass is 314 g/mol. The Kier molecular flexibility index (Phi) is 4.78. The third kappa shape index (κ3) is 4.05. The van der Waals surface area contributed by atoms with Crippen LogP contribution in [0.4, 0.5) is 13.2 Å². The van der Waals surface area contributed by atoms with Crippen molar-refractivity contribution in [1.82, 2.24) is 0 Å². The molecule has 0 saturated carbocycles. The van der Waals surface area contributed by atoms with E-state index in [1.807, 2.05) is 6.07 Å². The van der Waals surface area contributed by atoms with E-state index in [-0.39, 0.29) is 5.56 Å². The topological polar surface area (TPSA) is 0 Å². The smallest absolute Gasteiger partial charge is 0.166 e. The SMILES string of the molecule is FC(F)(F)C(=CSc1ccccc1)c1ccc(Cl)cc1. The van der Waals surface area contributed by atoms with Crippen LogP contribution >= 0.6 is 23.4 Å². The molecule has 104 valence electrons. The highest BCUT2D eigenvalue weighted by Gasteiger charge is 2.34. The fourth-order valence-corrected chi connectivity index (χ4v) is 2.52. The summed E-state index contributed by atoms with van der Waals surface area (Å²) < 4.78 is 39.3. The van der Waals surface area contributed by atoms with Crippen LogP contribution in [-0.4, -0.2) is 6.18 Å². The first-order valence-electron chi connectivity index (χ1n) is 5.72. The van der Waals surface area contributed by atoms with E-state index in [1.54, 1.807) is 24.3 Å². The van der Waals surface area contributed by atoms with Crippen molar-refractivity contribution in [1.29, 1.82) is 0 Å². The Hall–Kier alpha value is -1.39. The van der Waals surface area contributed by atoms with Crippen LogP contribution < -0.4 is 0 Å². The molecule has 0 aliphatic rings. The van der Waals surface area contributed by atoms with E-state index in [2.05, 4.69) is 0 Å². The third-order valence-electron chi connectivity index (χ3n) is 2.52. The van der Waals surface area contributed by atoms with Gasteiger partial charge in [-0.3, -0.25) is 0 Å². The van der Waals surface area contributed by atoms with Crippen molar-refractivity contribution in [3.05, 3.63) is 70.6 Å². The van der Waals surface area contributed by atoms with Crippen molar-refractivity contribution in [2.75, 3.05) is 0 Å². The molecule has 0 fully saturated rings. The molecule has 0 saturated heterocycles. The first kappa shape index (κ1) is 15.0. The van der Waals surface area contributed by atoms with Crippen molar-refractivity contribution in [3.8, 4) is 0 Å². The van der Waals surface area contributed by atoms with Crippen LogP contribution in [0.15, 0.2) is 64.9 Å². The maximum absolute atomic E-state index is 13.1. The van der Waals surface area contributed by atoms with Crippen LogP contribution in [0.3, 0.4) is 0 Å². The van der Waals surface area contributed by atoms with Crippen LogP contribution in [0, 0.1) is 0 Å². The summed E-state index contributed by atoms with van der Waals surface area (Å²) in [7, 11) is 0. The van der Waals surface area contributed by atoms with Gasteiger partial charge in [-0.15, -0.1) is 0 Å². The highest BCUT2D eigenvalue weighted by Crippen LogP contribution is 2.37. The Labute approximate surface area is 124 Å². The van der Waals surface area contributed by atoms with E-state index >= 15 is 0 Å². The van der Waals surface area contributed by atoms with Crippen LogP contribution in [0.1, 0.15) is 5.56 Å². The van der Waals surface area contributed by atoms with Crippen molar-refractivity contribution in [3.63, 3.8) is 0 Å². The number of allylic oxidation sites excluding steroid dienone is 1. The Morgan fingerprint density at radius 2 is 1.55 bits per heavy atom. The second-order valence-electron chi connectivity index (χ2n) is 3.97. The molecule has 0 amide bonds. The van der Waals surface area contributed by atoms with Crippen LogP contribution in [0.2, 0.25) is 5.02 Å². The molecule has 0 aliphatic carbocycles. The molecule has 0 spiro atoms. The van der Waals surface area contributed by atoms with E-state index in [9.17, 15) is 13.2 Å². The Morgan fingerprint density at radius 1 is 0.950 bits per heavy atom. The number of halogens is 4. The first-order chi connectivity index (χ1) is 9.47. The van der Waals surface area contributed by atoms with Gasteiger partial charge in [0.25, 0.3) is 0 Å². The fraction of sp³-hybridized carbons (Fsp3) is 0.0667. The van der Waals surface area contributed by atoms with Gasteiger partial charge in [0, 0.05) is 9.92 Å². The van der Waals surface area contributed by atoms with Crippen molar-refractivity contribution < 1.29 is 13.2 Å². The van der Waals surface area contributed by atoms with E-state index in [0.29, 0.717) is 5.02 Å². The van der Waals surface area contributed by atoms with Gasteiger partial charge in [0.1, 0.15) is 0 Å². The van der Waals surface area contributed by atoms with Gasteiger partial charge in [-0.25, -0.2) is 0 Å². The number of benzene rings is 2. The molecule has 2 rings (SSSR count). The zero-order chi connectivity index (χ0) is 14.6. The maximum atomic E-state index is 13.1. The molecule has 0 aromatic heterocycles. The number of thioether (sulfide) groups is 1. The Balaban J connectivity index is 2.31. The van der Waals surface area contributed by atoms with Crippen molar-refractivity contribution in [2.24, 2.45) is 0 Å². The average molecular weight is 315 g/mol. The van der Waals surface area contributed by atoms with Crippen LogP contribution in [-0.2, 0) is 0 Å². The fourth-order valence-electron chi connectivity index (χ4n) is 1.55. The van der Waals surface area contributed by atoms with Crippen molar-refractivity contribution in [2.45, 2.75) is 11.1 Å². The van der Waals surface area contributed by atoms with Gasteiger partial charge in [-0.05, 0) is 35.2 Å². The predicted molar refractivity (Wildman–Crippen MR) is 77.8 cm³/mol. The Bertz CT molecular complexity index is 589. The van der Waals surface area contributed by atoms with Gasteiger partial charge in [-0.2, -0.15) is 13.2 Å². The Morgan fingerprint density at radius 3 is 2.10 bits per heavy atom. The van der Waals surface area contributed by atoms with E-state index < -0.39 is 11.7 Å². The molecule has 0 bridgehead atoms. The highest BCUT2D eigenvalue weighted by molar-refractivity contribution is 8.02. The molecule has 0 aliphatic heterocycles. The van der Waals surface area contributed by atoms with E-state index in [1.165, 1.54) is 24.3 Å². The second-order valence-corrected chi connectivity index (χ2v) is 5.35. The summed E-state index contributed by atoms with van der Waals surface area (Å²) in [6.07, 6.45) is -4.41. The average Bonchev–Trinajstić information content (AvgIpc) is 2.41. The molecule has 0 heterocycles. The van der Waals surface area contributed by atoms with Gasteiger partial charge >= 0.3 is 6.18 Å². The van der Waals surface area contributed by atoms with Gasteiger partial charge < -0.3 is 0 Å². The van der Waals surface area contributed by atoms with Crippen LogP contribution in [0.25, 0.3) is 5.57 Å². The normalized spacial score (nSPS) is 12.5. The van der Waals surface area contributed by atoms with E-state index in [0.717, 1.165) is 22.1 Å². The molecule has 0 N–H and O–H groups in total. The summed E-state index contributed by atoms with van der Waals surface area (Å²) in [5.74, 6) is 0. The lowest BCUT2D eigenvalue weighted by molar-refractivity contribution is -0.0687. The molecular weight excluding hydrogens is 305 g/mol. The summed E-state index contributed by atoms with van der Waals surface area (Å²) >= 11 is 6.74.